The lowest BCUT2D eigenvalue weighted by Crippen LogP contribution is -2.57. The van der Waals surface area contributed by atoms with Gasteiger partial charge in [0.1, 0.15) is 10.9 Å². The van der Waals surface area contributed by atoms with E-state index in [0.29, 0.717) is 6.42 Å². The van der Waals surface area contributed by atoms with E-state index >= 15 is 0 Å². The van der Waals surface area contributed by atoms with E-state index in [4.69, 9.17) is 11.5 Å². The van der Waals surface area contributed by atoms with Crippen molar-refractivity contribution in [3.05, 3.63) is 10.6 Å². The third-order valence-electron chi connectivity index (χ3n) is 5.33. The van der Waals surface area contributed by atoms with Crippen molar-refractivity contribution in [2.45, 2.75) is 96.7 Å². The molecule has 1 aromatic heterocycles. The van der Waals surface area contributed by atoms with Crippen LogP contribution in [0.3, 0.4) is 0 Å². The van der Waals surface area contributed by atoms with Crippen LogP contribution in [0.1, 0.15) is 99.2 Å². The topological polar surface area (TPSA) is 131 Å². The summed E-state index contributed by atoms with van der Waals surface area (Å²) in [5.74, 6) is -1.26. The molecule has 0 bridgehead atoms. The van der Waals surface area contributed by atoms with Gasteiger partial charge >= 0.3 is 0 Å². The summed E-state index contributed by atoms with van der Waals surface area (Å²) in [7, 11) is 0. The molecule has 1 aliphatic rings. The van der Waals surface area contributed by atoms with E-state index in [9.17, 15) is 14.4 Å². The average molecular weight is 438 g/mol. The normalized spacial score (nSPS) is 16.1. The number of carbonyl (C=O) groups excluding carboxylic acids is 3. The van der Waals surface area contributed by atoms with Gasteiger partial charge in [-0.25, -0.2) is 0 Å². The molecular weight excluding hydrogens is 402 g/mol. The minimum Gasteiger partial charge on any atom is -0.395 e. The summed E-state index contributed by atoms with van der Waals surface area (Å²) < 4.78 is 3.98. The van der Waals surface area contributed by atoms with Crippen molar-refractivity contribution in [1.82, 2.24) is 14.6 Å². The van der Waals surface area contributed by atoms with Gasteiger partial charge in [0, 0.05) is 11.6 Å². The molecule has 0 radical (unpaired) electrons. The van der Waals surface area contributed by atoms with Crippen LogP contribution in [0.5, 0.6) is 0 Å². The summed E-state index contributed by atoms with van der Waals surface area (Å²) >= 11 is 0.872. The Balaban J connectivity index is 2.46. The maximum absolute atomic E-state index is 13.7. The van der Waals surface area contributed by atoms with Gasteiger partial charge in [-0.15, -0.1) is 0 Å². The van der Waals surface area contributed by atoms with Crippen molar-refractivity contribution >= 4 is 34.9 Å². The van der Waals surface area contributed by atoms with Gasteiger partial charge < -0.3 is 21.7 Å². The van der Waals surface area contributed by atoms with Crippen molar-refractivity contribution in [1.29, 1.82) is 0 Å². The van der Waals surface area contributed by atoms with Gasteiger partial charge in [0.2, 0.25) is 5.91 Å². The number of carbonyl (C=O) groups is 3. The molecule has 168 valence electrons. The van der Waals surface area contributed by atoms with Crippen LogP contribution in [0.4, 0.5) is 5.69 Å². The first kappa shape index (κ1) is 24.1. The van der Waals surface area contributed by atoms with Crippen molar-refractivity contribution in [3.8, 4) is 0 Å². The van der Waals surface area contributed by atoms with Gasteiger partial charge in [0.15, 0.2) is 5.69 Å². The number of hydrogen-bond acceptors (Lipinski definition) is 6. The van der Waals surface area contributed by atoms with Gasteiger partial charge in [-0.2, -0.15) is 4.37 Å². The molecule has 1 aliphatic carbocycles. The summed E-state index contributed by atoms with van der Waals surface area (Å²) in [6, 6.07) is -0.643. The van der Waals surface area contributed by atoms with Crippen LogP contribution < -0.4 is 16.8 Å². The zero-order chi connectivity index (χ0) is 22.5. The van der Waals surface area contributed by atoms with Gasteiger partial charge in [-0.3, -0.25) is 14.4 Å². The molecule has 1 saturated carbocycles. The molecule has 8 nitrogen and oxygen atoms in total. The van der Waals surface area contributed by atoms with Crippen molar-refractivity contribution in [2.75, 3.05) is 5.73 Å². The van der Waals surface area contributed by atoms with E-state index in [0.717, 1.165) is 56.5 Å². The smallest absolute Gasteiger partial charge is 0.270 e. The van der Waals surface area contributed by atoms with Crippen LogP contribution in [0.15, 0.2) is 0 Å². The molecule has 9 heteroatoms. The number of nitrogen functional groups attached to an aromatic ring is 1. The molecule has 30 heavy (non-hydrogen) atoms. The summed E-state index contributed by atoms with van der Waals surface area (Å²) in [6.07, 6.45) is 7.16. The first-order chi connectivity index (χ1) is 14.1. The first-order valence-electron chi connectivity index (χ1n) is 10.8. The number of anilines is 1. The molecule has 0 aliphatic heterocycles. The Morgan fingerprint density at radius 3 is 2.37 bits per heavy atom. The third-order valence-corrected chi connectivity index (χ3v) is 6.18. The molecule has 3 amide bonds. The van der Waals surface area contributed by atoms with Crippen molar-refractivity contribution in [2.24, 2.45) is 5.73 Å². The zero-order valence-electron chi connectivity index (χ0n) is 18.5. The molecule has 2 rings (SSSR count). The number of primary amides is 1. The summed E-state index contributed by atoms with van der Waals surface area (Å²) in [4.78, 5) is 40.4. The highest BCUT2D eigenvalue weighted by atomic mass is 32.1. The van der Waals surface area contributed by atoms with Gasteiger partial charge in [0.25, 0.3) is 11.8 Å². The van der Waals surface area contributed by atoms with E-state index in [-0.39, 0.29) is 34.1 Å². The Bertz CT molecular complexity index is 765. The minimum absolute atomic E-state index is 0.00350. The summed E-state index contributed by atoms with van der Waals surface area (Å²) in [5.41, 5.74) is 10.9. The third kappa shape index (κ3) is 5.93. The molecule has 0 aromatic carbocycles. The number of nitrogens with one attached hydrogen (secondary N) is 1. The number of aromatic nitrogens is 1. The second kappa shape index (κ2) is 10.2. The Morgan fingerprint density at radius 1 is 1.23 bits per heavy atom. The highest BCUT2D eigenvalue weighted by molar-refractivity contribution is 7.09. The van der Waals surface area contributed by atoms with Crippen molar-refractivity contribution in [3.63, 3.8) is 0 Å². The largest absolute Gasteiger partial charge is 0.395 e. The Morgan fingerprint density at radius 2 is 1.87 bits per heavy atom. The molecule has 0 unspecified atom stereocenters. The fourth-order valence-electron chi connectivity index (χ4n) is 3.91. The number of amides is 3. The molecule has 0 spiro atoms. The SMILES string of the molecule is CCCC[C@H](C(=O)NC(C)(C)C)N(C(=O)c1snc(C(N)=O)c1N)C1CCCCC1. The van der Waals surface area contributed by atoms with Crippen LogP contribution in [-0.4, -0.2) is 44.6 Å². The summed E-state index contributed by atoms with van der Waals surface area (Å²) in [6.45, 7) is 7.84. The zero-order valence-corrected chi connectivity index (χ0v) is 19.3. The Hall–Kier alpha value is -2.16. The lowest BCUT2D eigenvalue weighted by atomic mass is 9.91. The van der Waals surface area contributed by atoms with Crippen LogP contribution in [0.25, 0.3) is 0 Å². The number of rotatable bonds is 8. The van der Waals surface area contributed by atoms with E-state index in [1.165, 1.54) is 0 Å². The number of unbranched alkanes of at least 4 members (excludes halogenated alkanes) is 1. The Kier molecular flexibility index (Phi) is 8.23. The maximum atomic E-state index is 13.7. The standard InChI is InChI=1S/C21H35N5O3S/c1-5-6-12-14(19(28)24-21(2,3)4)26(13-10-8-7-9-11-13)20(29)17-15(22)16(18(23)27)25-30-17/h13-14H,5-12,22H2,1-4H3,(H2,23,27)(H,24,28)/t14-/m1/s1. The lowest BCUT2D eigenvalue weighted by molar-refractivity contribution is -0.128. The van der Waals surface area contributed by atoms with Gasteiger partial charge in [-0.05, 0) is 51.6 Å². The van der Waals surface area contributed by atoms with E-state index in [1.54, 1.807) is 4.90 Å². The fraction of sp³-hybridized carbons (Fsp3) is 0.714. The molecule has 1 atom stereocenters. The van der Waals surface area contributed by atoms with Gasteiger partial charge in [-0.1, -0.05) is 39.0 Å². The van der Waals surface area contributed by atoms with Crippen LogP contribution >= 0.6 is 11.5 Å². The quantitative estimate of drug-likeness (QED) is 0.575. The molecule has 1 fully saturated rings. The van der Waals surface area contributed by atoms with Crippen LogP contribution in [0.2, 0.25) is 0 Å². The fourth-order valence-corrected chi connectivity index (χ4v) is 4.66. The molecular formula is C21H35N5O3S. The predicted octanol–water partition coefficient (Wildman–Crippen LogP) is 3.07. The van der Waals surface area contributed by atoms with E-state index in [1.807, 2.05) is 20.8 Å². The highest BCUT2D eigenvalue weighted by Crippen LogP contribution is 2.31. The van der Waals surface area contributed by atoms with E-state index in [2.05, 4.69) is 16.6 Å². The molecule has 1 aromatic rings. The first-order valence-corrected chi connectivity index (χ1v) is 11.5. The van der Waals surface area contributed by atoms with Crippen LogP contribution in [0, 0.1) is 0 Å². The predicted molar refractivity (Wildman–Crippen MR) is 119 cm³/mol. The number of nitrogens with two attached hydrogens (primary N) is 2. The Labute approximate surface area is 182 Å². The molecule has 0 saturated heterocycles. The minimum atomic E-state index is -0.764. The molecule has 1 heterocycles. The summed E-state index contributed by atoms with van der Waals surface area (Å²) in [5, 5.41) is 3.04. The number of nitrogens with zero attached hydrogens (tertiary/aromatic N) is 2. The second-order valence-electron chi connectivity index (χ2n) is 9.04. The lowest BCUT2D eigenvalue weighted by Gasteiger charge is -2.40. The van der Waals surface area contributed by atoms with Gasteiger partial charge in [0.05, 0.1) is 5.69 Å². The average Bonchev–Trinajstić information content (AvgIpc) is 3.05. The van der Waals surface area contributed by atoms with E-state index < -0.39 is 17.5 Å². The highest BCUT2D eigenvalue weighted by Gasteiger charge is 2.38. The number of hydrogen-bond donors (Lipinski definition) is 3. The second-order valence-corrected chi connectivity index (χ2v) is 9.81. The monoisotopic (exact) mass is 437 g/mol. The molecule has 5 N–H and O–H groups in total. The van der Waals surface area contributed by atoms with Crippen LogP contribution in [-0.2, 0) is 4.79 Å². The maximum Gasteiger partial charge on any atom is 0.270 e. The van der Waals surface area contributed by atoms with Crippen molar-refractivity contribution < 1.29 is 14.4 Å².